The van der Waals surface area contributed by atoms with E-state index in [4.69, 9.17) is 9.05 Å². The number of hydrogen-bond donors (Lipinski definition) is 2. The summed E-state index contributed by atoms with van der Waals surface area (Å²) in [5, 5.41) is 18.5. The number of hydrogen-bond acceptors (Lipinski definition) is 4. The summed E-state index contributed by atoms with van der Waals surface area (Å²) in [5.41, 5.74) is 0. The van der Waals surface area contributed by atoms with Gasteiger partial charge in [0, 0.05) is 0 Å². The van der Waals surface area contributed by atoms with Crippen molar-refractivity contribution in [3.63, 3.8) is 0 Å². The third-order valence-corrected chi connectivity index (χ3v) is 4.71. The Balaban J connectivity index is 2.14. The van der Waals surface area contributed by atoms with E-state index in [9.17, 15) is 10.2 Å². The topological polar surface area (TPSA) is 58.9 Å². The zero-order valence-electron chi connectivity index (χ0n) is 11.1. The summed E-state index contributed by atoms with van der Waals surface area (Å²) in [7, 11) is -0.778. The average molecular weight is 290 g/mol. The van der Waals surface area contributed by atoms with E-state index >= 15 is 0 Å². The minimum atomic E-state index is -2.64. The van der Waals surface area contributed by atoms with Gasteiger partial charge in [0.05, 0.1) is 0 Å². The van der Waals surface area contributed by atoms with Crippen LogP contribution in [0.25, 0.3) is 0 Å². The van der Waals surface area contributed by atoms with Crippen LogP contribution in [0.1, 0.15) is 0 Å². The molecule has 0 amide bonds. The molecule has 0 aliphatic carbocycles. The van der Waals surface area contributed by atoms with Crippen LogP contribution in [-0.2, 0) is 0 Å². The van der Waals surface area contributed by atoms with Gasteiger partial charge in [0.2, 0.25) is 0 Å². The standard InChI is InChI=1S/C14H16BO4P/c1-2-20(15,18-13-7-3-11(16)4-8-13)19-14-9-5-12(17)6-10-14/h2-10,16-17,20H,1,15H2. The van der Waals surface area contributed by atoms with Crippen LogP contribution in [0.4, 0.5) is 0 Å². The fraction of sp³-hybridized carbons (Fsp3) is 0. The zero-order valence-corrected chi connectivity index (χ0v) is 12.1. The van der Waals surface area contributed by atoms with Crippen LogP contribution in [0, 0.1) is 0 Å². The Hall–Kier alpha value is -2.13. The number of aromatic hydroxyl groups is 2. The first kappa shape index (κ1) is 14.3. The van der Waals surface area contributed by atoms with Crippen molar-refractivity contribution in [2.24, 2.45) is 0 Å². The van der Waals surface area contributed by atoms with Gasteiger partial charge in [-0.25, -0.2) is 0 Å². The Bertz CT molecular complexity index is 536. The predicted molar refractivity (Wildman–Crippen MR) is 84.5 cm³/mol. The maximum atomic E-state index is 9.25. The van der Waals surface area contributed by atoms with Gasteiger partial charge in [-0.05, 0) is 0 Å². The number of rotatable bonds is 5. The van der Waals surface area contributed by atoms with E-state index in [2.05, 4.69) is 6.58 Å². The van der Waals surface area contributed by atoms with Crippen LogP contribution in [-0.4, -0.2) is 17.8 Å². The molecule has 0 aliphatic heterocycles. The van der Waals surface area contributed by atoms with Crippen LogP contribution in [0.15, 0.2) is 60.9 Å². The quantitative estimate of drug-likeness (QED) is 0.656. The third-order valence-electron chi connectivity index (χ3n) is 2.69. The van der Waals surface area contributed by atoms with Crippen molar-refractivity contribution in [1.82, 2.24) is 0 Å². The molecule has 2 rings (SSSR count). The number of phenols is 2. The Kier molecular flexibility index (Phi) is 4.21. The number of benzene rings is 2. The van der Waals surface area contributed by atoms with Crippen LogP contribution in [0.3, 0.4) is 0 Å². The predicted octanol–water partition coefficient (Wildman–Crippen LogP) is 2.83. The second-order valence-corrected chi connectivity index (χ2v) is 7.26. The molecule has 4 nitrogen and oxygen atoms in total. The molecule has 0 saturated carbocycles. The molecule has 0 radical (unpaired) electrons. The van der Waals surface area contributed by atoms with Gasteiger partial charge in [-0.15, -0.1) is 0 Å². The fourth-order valence-electron chi connectivity index (χ4n) is 1.60. The van der Waals surface area contributed by atoms with E-state index in [1.165, 1.54) is 0 Å². The Morgan fingerprint density at radius 2 is 1.20 bits per heavy atom. The molecular formula is C14H16BO4P. The molecule has 0 aliphatic rings. The fourth-order valence-corrected chi connectivity index (χ4v) is 3.02. The zero-order chi connectivity index (χ0) is 14.6. The van der Waals surface area contributed by atoms with E-state index in [-0.39, 0.29) is 11.5 Å². The molecule has 2 N–H and O–H groups in total. The van der Waals surface area contributed by atoms with E-state index < -0.39 is 7.59 Å². The van der Waals surface area contributed by atoms with Crippen LogP contribution in [0.2, 0.25) is 0 Å². The Labute approximate surface area is 119 Å². The normalized spacial score (nSPS) is 11.6. The molecule has 104 valence electrons. The molecule has 0 fully saturated rings. The van der Waals surface area contributed by atoms with Crippen molar-refractivity contribution in [3.8, 4) is 23.0 Å². The molecule has 6 heteroatoms. The summed E-state index contributed by atoms with van der Waals surface area (Å²) in [5.74, 6) is 3.25. The summed E-state index contributed by atoms with van der Waals surface area (Å²) >= 11 is 0. The summed E-state index contributed by atoms with van der Waals surface area (Å²) in [4.78, 5) is 0. The van der Waals surface area contributed by atoms with Crippen molar-refractivity contribution >= 4 is 15.2 Å². The minimum absolute atomic E-state index is 0.179. The summed E-state index contributed by atoms with van der Waals surface area (Å²) < 4.78 is 11.7. The molecule has 0 bridgehead atoms. The molecule has 0 atom stereocenters. The molecule has 2 aromatic rings. The third kappa shape index (κ3) is 3.68. The second-order valence-electron chi connectivity index (χ2n) is 4.41. The molecule has 20 heavy (non-hydrogen) atoms. The van der Waals surface area contributed by atoms with Gasteiger partial charge in [0.15, 0.2) is 0 Å². The van der Waals surface area contributed by atoms with Crippen molar-refractivity contribution in [2.45, 2.75) is 0 Å². The monoisotopic (exact) mass is 290 g/mol. The SMILES string of the molecule is B[PH](C=C)(Oc1ccc(O)cc1)Oc1ccc(O)cc1. The van der Waals surface area contributed by atoms with Gasteiger partial charge < -0.3 is 0 Å². The van der Waals surface area contributed by atoms with E-state index in [1.807, 2.05) is 7.57 Å². The second kappa shape index (κ2) is 5.89. The van der Waals surface area contributed by atoms with Gasteiger partial charge in [-0.2, -0.15) is 0 Å². The summed E-state index contributed by atoms with van der Waals surface area (Å²) in [6, 6.07) is 12.9. The van der Waals surface area contributed by atoms with Crippen LogP contribution >= 0.6 is 7.59 Å². The van der Waals surface area contributed by atoms with E-state index in [1.54, 1.807) is 54.3 Å². The van der Waals surface area contributed by atoms with E-state index in [0.717, 1.165) is 0 Å². The van der Waals surface area contributed by atoms with Gasteiger partial charge in [-0.3, -0.25) is 0 Å². The van der Waals surface area contributed by atoms with Gasteiger partial charge in [-0.1, -0.05) is 0 Å². The molecule has 2 aromatic carbocycles. The van der Waals surface area contributed by atoms with Gasteiger partial charge >= 0.3 is 118 Å². The molecule has 0 aromatic heterocycles. The molecule has 0 saturated heterocycles. The van der Waals surface area contributed by atoms with Crippen molar-refractivity contribution < 1.29 is 19.3 Å². The van der Waals surface area contributed by atoms with Crippen molar-refractivity contribution in [3.05, 3.63) is 60.9 Å². The first-order chi connectivity index (χ1) is 9.50. The maximum absolute atomic E-state index is 9.25. The molecule has 0 heterocycles. The van der Waals surface area contributed by atoms with Crippen LogP contribution < -0.4 is 9.05 Å². The van der Waals surface area contributed by atoms with Crippen LogP contribution in [0.5, 0.6) is 23.0 Å². The van der Waals surface area contributed by atoms with Crippen molar-refractivity contribution in [1.29, 1.82) is 0 Å². The first-order valence-corrected chi connectivity index (χ1v) is 8.50. The molecule has 0 unspecified atom stereocenters. The van der Waals surface area contributed by atoms with Crippen molar-refractivity contribution in [2.75, 3.05) is 0 Å². The first-order valence-electron chi connectivity index (χ1n) is 6.10. The molecule has 0 spiro atoms. The van der Waals surface area contributed by atoms with Gasteiger partial charge in [0.1, 0.15) is 0 Å². The Morgan fingerprint density at radius 3 is 1.50 bits per heavy atom. The number of phenolic OH excluding ortho intramolecular Hbond substituents is 2. The van der Waals surface area contributed by atoms with Gasteiger partial charge in [0.25, 0.3) is 0 Å². The average Bonchev–Trinajstić information content (AvgIpc) is 2.44. The Morgan fingerprint density at radius 1 is 0.850 bits per heavy atom. The summed E-state index contributed by atoms with van der Waals surface area (Å²) in [6.45, 7) is 3.77. The molecular weight excluding hydrogens is 274 g/mol. The van der Waals surface area contributed by atoms with E-state index in [0.29, 0.717) is 11.5 Å². The summed E-state index contributed by atoms with van der Waals surface area (Å²) in [6.07, 6.45) is 0.